The fourth-order valence-electron chi connectivity index (χ4n) is 3.52. The summed E-state index contributed by atoms with van der Waals surface area (Å²) in [6.45, 7) is 2.59. The van der Waals surface area contributed by atoms with Crippen LogP contribution in [0.3, 0.4) is 0 Å². The van der Waals surface area contributed by atoms with E-state index < -0.39 is 0 Å². The number of hydrogen-bond acceptors (Lipinski definition) is 5. The van der Waals surface area contributed by atoms with Crippen molar-refractivity contribution in [1.82, 2.24) is 0 Å². The number of methoxy groups -OCH3 is 1. The van der Waals surface area contributed by atoms with E-state index in [4.69, 9.17) is 18.9 Å². The summed E-state index contributed by atoms with van der Waals surface area (Å²) in [6.07, 6.45) is 6.15. The third kappa shape index (κ3) is 4.01. The summed E-state index contributed by atoms with van der Waals surface area (Å²) >= 11 is 0. The molecule has 1 aromatic carbocycles. The average Bonchev–Trinajstić information content (AvgIpc) is 2.59. The van der Waals surface area contributed by atoms with Gasteiger partial charge in [-0.3, -0.25) is 0 Å². The number of benzene rings is 1. The molecule has 0 aromatic heterocycles. The summed E-state index contributed by atoms with van der Waals surface area (Å²) in [6, 6.07) is 5.56. The fraction of sp³-hybridized carbons (Fsp3) is 0.632. The van der Waals surface area contributed by atoms with Gasteiger partial charge in [-0.2, -0.15) is 0 Å². The maximum absolute atomic E-state index is 12.1. The number of rotatable bonds is 5. The van der Waals surface area contributed by atoms with Crippen molar-refractivity contribution >= 4 is 5.97 Å². The van der Waals surface area contributed by atoms with Gasteiger partial charge in [0, 0.05) is 19.1 Å². The minimum atomic E-state index is -0.330. The van der Waals surface area contributed by atoms with Crippen molar-refractivity contribution in [3.63, 3.8) is 0 Å². The lowest BCUT2D eigenvalue weighted by Gasteiger charge is -2.33. The minimum Gasteiger partial charge on any atom is -0.493 e. The Morgan fingerprint density at radius 1 is 1.29 bits per heavy atom. The lowest BCUT2D eigenvalue weighted by atomic mass is 9.86. The molecule has 132 valence electrons. The number of esters is 1. The van der Waals surface area contributed by atoms with E-state index in [-0.39, 0.29) is 24.3 Å². The molecule has 0 bridgehead atoms. The van der Waals surface area contributed by atoms with Crippen LogP contribution in [-0.4, -0.2) is 31.9 Å². The normalized spacial score (nSPS) is 22.2. The molecule has 1 aliphatic heterocycles. The number of hydrogen-bond donors (Lipinski definition) is 0. The minimum absolute atomic E-state index is 0.00500. The number of carbonyl (C=O) groups is 1. The molecule has 0 spiro atoms. The molecule has 2 aliphatic rings. The molecule has 24 heavy (non-hydrogen) atoms. The first-order chi connectivity index (χ1) is 11.6. The summed E-state index contributed by atoms with van der Waals surface area (Å²) in [5.41, 5.74) is 0.637. The third-order valence-electron chi connectivity index (χ3n) is 4.88. The summed E-state index contributed by atoms with van der Waals surface area (Å²) in [5, 5.41) is 0. The number of ether oxygens (including phenoxy) is 4. The summed E-state index contributed by atoms with van der Waals surface area (Å²) in [7, 11) is 1.69. The van der Waals surface area contributed by atoms with Gasteiger partial charge in [0.15, 0.2) is 6.61 Å². The molecule has 0 N–H and O–H groups in total. The zero-order valence-corrected chi connectivity index (χ0v) is 14.5. The van der Waals surface area contributed by atoms with Gasteiger partial charge in [0.1, 0.15) is 17.1 Å². The fourth-order valence-corrected chi connectivity index (χ4v) is 3.52. The Balaban J connectivity index is 1.57. The van der Waals surface area contributed by atoms with Crippen LogP contribution in [-0.2, 0) is 14.3 Å². The molecule has 5 heteroatoms. The number of carbonyl (C=O) groups excluding carboxylic acids is 1. The van der Waals surface area contributed by atoms with Crippen LogP contribution in [0.15, 0.2) is 18.2 Å². The number of fused-ring (bicyclic) bond motifs is 1. The van der Waals surface area contributed by atoms with Crippen molar-refractivity contribution < 1.29 is 23.7 Å². The highest BCUT2D eigenvalue weighted by atomic mass is 16.6. The summed E-state index contributed by atoms with van der Waals surface area (Å²) < 4.78 is 22.4. The maximum Gasteiger partial charge on any atom is 0.344 e. The monoisotopic (exact) mass is 334 g/mol. The van der Waals surface area contributed by atoms with Gasteiger partial charge in [-0.05, 0) is 50.8 Å². The molecule has 0 saturated heterocycles. The molecule has 1 saturated carbocycles. The van der Waals surface area contributed by atoms with Crippen LogP contribution in [0.1, 0.15) is 57.1 Å². The topological polar surface area (TPSA) is 54.0 Å². The van der Waals surface area contributed by atoms with Crippen molar-refractivity contribution in [3.8, 4) is 11.5 Å². The van der Waals surface area contributed by atoms with Gasteiger partial charge in [-0.1, -0.05) is 6.42 Å². The van der Waals surface area contributed by atoms with Crippen LogP contribution in [0.5, 0.6) is 11.5 Å². The van der Waals surface area contributed by atoms with Gasteiger partial charge >= 0.3 is 5.97 Å². The summed E-state index contributed by atoms with van der Waals surface area (Å²) in [4.78, 5) is 12.1. The zero-order valence-electron chi connectivity index (χ0n) is 14.5. The molecule has 1 atom stereocenters. The van der Waals surface area contributed by atoms with Crippen molar-refractivity contribution in [2.75, 3.05) is 20.3 Å². The molecular weight excluding hydrogens is 308 g/mol. The van der Waals surface area contributed by atoms with Crippen LogP contribution in [0.4, 0.5) is 0 Å². The van der Waals surface area contributed by atoms with E-state index in [9.17, 15) is 4.79 Å². The zero-order chi connectivity index (χ0) is 17.0. The van der Waals surface area contributed by atoms with Gasteiger partial charge in [-0.25, -0.2) is 4.79 Å². The smallest absolute Gasteiger partial charge is 0.344 e. The Kier molecular flexibility index (Phi) is 5.29. The van der Waals surface area contributed by atoms with Crippen LogP contribution >= 0.6 is 0 Å². The van der Waals surface area contributed by atoms with Crippen molar-refractivity contribution in [3.05, 3.63) is 23.8 Å². The highest BCUT2D eigenvalue weighted by molar-refractivity contribution is 5.71. The van der Waals surface area contributed by atoms with E-state index in [1.54, 1.807) is 7.11 Å². The predicted molar refractivity (Wildman–Crippen MR) is 89.4 cm³/mol. The van der Waals surface area contributed by atoms with Crippen molar-refractivity contribution in [1.29, 1.82) is 0 Å². The van der Waals surface area contributed by atoms with E-state index in [0.29, 0.717) is 12.4 Å². The second-order valence-electron chi connectivity index (χ2n) is 6.83. The van der Waals surface area contributed by atoms with Gasteiger partial charge in [0.2, 0.25) is 0 Å². The molecule has 3 rings (SSSR count). The lowest BCUT2D eigenvalue weighted by Crippen LogP contribution is -2.35. The second-order valence-corrected chi connectivity index (χ2v) is 6.83. The standard InChI is InChI=1S/C19H26O5/c1-19(9-4-3-5-10-19)24-18(20)13-23-14-6-7-17-15(12-14)16(21-2)8-11-22-17/h6-7,12,16H,3-5,8-11,13H2,1-2H3. The largest absolute Gasteiger partial charge is 0.493 e. The molecule has 1 heterocycles. The maximum atomic E-state index is 12.1. The molecule has 1 aromatic rings. The van der Waals surface area contributed by atoms with E-state index in [0.717, 1.165) is 43.4 Å². The quantitative estimate of drug-likeness (QED) is 0.767. The Morgan fingerprint density at radius 3 is 2.83 bits per heavy atom. The molecular formula is C19H26O5. The lowest BCUT2D eigenvalue weighted by molar-refractivity contribution is -0.163. The Labute approximate surface area is 143 Å². The van der Waals surface area contributed by atoms with E-state index >= 15 is 0 Å². The molecule has 1 fully saturated rings. The van der Waals surface area contributed by atoms with Crippen LogP contribution in [0.2, 0.25) is 0 Å². The Bertz CT molecular complexity index is 577. The van der Waals surface area contributed by atoms with Gasteiger partial charge in [0.25, 0.3) is 0 Å². The predicted octanol–water partition coefficient (Wildman–Crippen LogP) is 3.80. The van der Waals surface area contributed by atoms with Crippen LogP contribution in [0.25, 0.3) is 0 Å². The van der Waals surface area contributed by atoms with Gasteiger partial charge in [-0.15, -0.1) is 0 Å². The first-order valence-electron chi connectivity index (χ1n) is 8.74. The molecule has 5 nitrogen and oxygen atoms in total. The first-order valence-corrected chi connectivity index (χ1v) is 8.74. The van der Waals surface area contributed by atoms with E-state index in [2.05, 4.69) is 0 Å². The Morgan fingerprint density at radius 2 is 2.08 bits per heavy atom. The van der Waals surface area contributed by atoms with Crippen molar-refractivity contribution in [2.24, 2.45) is 0 Å². The van der Waals surface area contributed by atoms with E-state index in [1.165, 1.54) is 6.42 Å². The Hall–Kier alpha value is -1.75. The first kappa shape index (κ1) is 17.1. The third-order valence-corrected chi connectivity index (χ3v) is 4.88. The highest BCUT2D eigenvalue weighted by Gasteiger charge is 2.31. The van der Waals surface area contributed by atoms with Gasteiger partial charge < -0.3 is 18.9 Å². The van der Waals surface area contributed by atoms with Crippen molar-refractivity contribution in [2.45, 2.75) is 57.2 Å². The molecule has 1 unspecified atom stereocenters. The van der Waals surface area contributed by atoms with Gasteiger partial charge in [0.05, 0.1) is 12.7 Å². The molecule has 1 aliphatic carbocycles. The van der Waals surface area contributed by atoms with Crippen LogP contribution in [0, 0.1) is 0 Å². The average molecular weight is 334 g/mol. The second kappa shape index (κ2) is 7.43. The molecule has 0 radical (unpaired) electrons. The SMILES string of the molecule is COC1CCOc2ccc(OCC(=O)OC3(C)CCCCC3)cc21. The van der Waals surface area contributed by atoms with E-state index in [1.807, 2.05) is 25.1 Å². The summed E-state index contributed by atoms with van der Waals surface area (Å²) in [5.74, 6) is 1.14. The molecule has 0 amide bonds. The highest BCUT2D eigenvalue weighted by Crippen LogP contribution is 2.36. The van der Waals surface area contributed by atoms with Crippen LogP contribution < -0.4 is 9.47 Å².